The Kier molecular flexibility index (Phi) is 5.22. The first-order valence-corrected chi connectivity index (χ1v) is 8.59. The minimum absolute atomic E-state index is 0.00532. The van der Waals surface area contributed by atoms with Crippen molar-refractivity contribution in [3.63, 3.8) is 0 Å². The molecule has 142 valence electrons. The maximum Gasteiger partial charge on any atom is 0.287 e. The highest BCUT2D eigenvalue weighted by molar-refractivity contribution is 5.97. The number of aromatic nitrogens is 3. The Morgan fingerprint density at radius 1 is 1.37 bits per heavy atom. The maximum absolute atomic E-state index is 12.3. The van der Waals surface area contributed by atoms with Crippen LogP contribution in [0.3, 0.4) is 0 Å². The molecule has 2 aromatic heterocycles. The standard InChI is InChI=1S/C18H22N6O3/c1-22(2)8-4-7-19-18(25)12-5-6-14-15(9-12)21-17(20-14)16-10-13(24(26)27)11-23(16)3/h5-6,9-11H,4,7-8H2,1-3H3,(H,19,25)(H,20,21). The monoisotopic (exact) mass is 370 g/mol. The third kappa shape index (κ3) is 4.14. The highest BCUT2D eigenvalue weighted by Gasteiger charge is 2.16. The Hall–Kier alpha value is -3.20. The van der Waals surface area contributed by atoms with Gasteiger partial charge in [-0.1, -0.05) is 0 Å². The summed E-state index contributed by atoms with van der Waals surface area (Å²) < 4.78 is 1.65. The van der Waals surface area contributed by atoms with Gasteiger partial charge in [-0.05, 0) is 45.3 Å². The number of aryl methyl sites for hydroxylation is 1. The van der Waals surface area contributed by atoms with E-state index < -0.39 is 4.92 Å². The Balaban J connectivity index is 1.79. The van der Waals surface area contributed by atoms with Crippen LogP contribution in [0.25, 0.3) is 22.6 Å². The van der Waals surface area contributed by atoms with Crippen molar-refractivity contribution in [2.75, 3.05) is 27.2 Å². The number of amides is 1. The second-order valence-corrected chi connectivity index (χ2v) is 6.68. The number of nitro groups is 1. The van der Waals surface area contributed by atoms with Gasteiger partial charge in [-0.2, -0.15) is 0 Å². The van der Waals surface area contributed by atoms with E-state index in [1.807, 2.05) is 14.1 Å². The van der Waals surface area contributed by atoms with Crippen molar-refractivity contribution in [1.29, 1.82) is 0 Å². The van der Waals surface area contributed by atoms with E-state index in [1.54, 1.807) is 29.8 Å². The fraction of sp³-hybridized carbons (Fsp3) is 0.333. The second kappa shape index (κ2) is 7.58. The Morgan fingerprint density at radius 2 is 2.15 bits per heavy atom. The minimum atomic E-state index is -0.440. The molecule has 0 fully saturated rings. The molecule has 2 heterocycles. The third-order valence-electron chi connectivity index (χ3n) is 4.26. The summed E-state index contributed by atoms with van der Waals surface area (Å²) in [5.74, 6) is 0.374. The smallest absolute Gasteiger partial charge is 0.287 e. The van der Waals surface area contributed by atoms with Crippen molar-refractivity contribution in [1.82, 2.24) is 24.8 Å². The van der Waals surface area contributed by atoms with Crippen LogP contribution in [-0.2, 0) is 7.05 Å². The van der Waals surface area contributed by atoms with Crippen LogP contribution < -0.4 is 5.32 Å². The molecular weight excluding hydrogens is 348 g/mol. The number of nitrogens with one attached hydrogen (secondary N) is 2. The van der Waals surface area contributed by atoms with Crippen molar-refractivity contribution < 1.29 is 9.72 Å². The molecule has 1 aromatic carbocycles. The number of fused-ring (bicyclic) bond motifs is 1. The van der Waals surface area contributed by atoms with Gasteiger partial charge in [0.05, 0.1) is 27.8 Å². The molecule has 3 aromatic rings. The predicted molar refractivity (Wildman–Crippen MR) is 103 cm³/mol. The molecule has 0 radical (unpaired) electrons. The highest BCUT2D eigenvalue weighted by atomic mass is 16.6. The molecule has 2 N–H and O–H groups in total. The van der Waals surface area contributed by atoms with E-state index >= 15 is 0 Å². The van der Waals surface area contributed by atoms with E-state index in [0.29, 0.717) is 29.1 Å². The highest BCUT2D eigenvalue weighted by Crippen LogP contribution is 2.25. The molecule has 0 aliphatic carbocycles. The molecule has 0 saturated carbocycles. The first-order valence-electron chi connectivity index (χ1n) is 8.59. The molecule has 0 spiro atoms. The van der Waals surface area contributed by atoms with Gasteiger partial charge in [-0.15, -0.1) is 0 Å². The van der Waals surface area contributed by atoms with E-state index in [9.17, 15) is 14.9 Å². The quantitative estimate of drug-likeness (QED) is 0.376. The van der Waals surface area contributed by atoms with Crippen LogP contribution in [0.5, 0.6) is 0 Å². The van der Waals surface area contributed by atoms with Gasteiger partial charge in [-0.25, -0.2) is 4.98 Å². The van der Waals surface area contributed by atoms with E-state index in [2.05, 4.69) is 20.2 Å². The molecular formula is C18H22N6O3. The van der Waals surface area contributed by atoms with Crippen molar-refractivity contribution in [2.24, 2.45) is 7.05 Å². The van der Waals surface area contributed by atoms with E-state index in [4.69, 9.17) is 0 Å². The van der Waals surface area contributed by atoms with Crippen molar-refractivity contribution in [3.8, 4) is 11.5 Å². The van der Waals surface area contributed by atoms with Crippen LogP contribution >= 0.6 is 0 Å². The Morgan fingerprint density at radius 3 is 2.81 bits per heavy atom. The number of hydrogen-bond acceptors (Lipinski definition) is 5. The number of carbonyl (C=O) groups is 1. The molecule has 0 bridgehead atoms. The summed E-state index contributed by atoms with van der Waals surface area (Å²) in [7, 11) is 5.71. The zero-order valence-electron chi connectivity index (χ0n) is 15.5. The number of H-pyrrole nitrogens is 1. The average molecular weight is 370 g/mol. The van der Waals surface area contributed by atoms with Gasteiger partial charge in [0.2, 0.25) is 0 Å². The van der Waals surface area contributed by atoms with Crippen LogP contribution in [-0.4, -0.2) is 57.5 Å². The maximum atomic E-state index is 12.3. The Bertz CT molecular complexity index is 988. The van der Waals surface area contributed by atoms with Crippen molar-refractivity contribution in [2.45, 2.75) is 6.42 Å². The number of rotatable bonds is 7. The molecule has 1 amide bonds. The lowest BCUT2D eigenvalue weighted by Crippen LogP contribution is -2.27. The minimum Gasteiger partial charge on any atom is -0.352 e. The third-order valence-corrected chi connectivity index (χ3v) is 4.26. The van der Waals surface area contributed by atoms with E-state index in [-0.39, 0.29) is 11.6 Å². The van der Waals surface area contributed by atoms with Crippen LogP contribution in [0.1, 0.15) is 16.8 Å². The average Bonchev–Trinajstić information content (AvgIpc) is 3.20. The lowest BCUT2D eigenvalue weighted by molar-refractivity contribution is -0.384. The SMILES string of the molecule is CN(C)CCCNC(=O)c1ccc2[nH]c(-c3cc([N+](=O)[O-])cn3C)nc2c1. The number of aromatic amines is 1. The van der Waals surface area contributed by atoms with E-state index in [1.165, 1.54) is 12.3 Å². The summed E-state index contributed by atoms with van der Waals surface area (Å²) in [5, 5.41) is 13.8. The second-order valence-electron chi connectivity index (χ2n) is 6.68. The lowest BCUT2D eigenvalue weighted by atomic mass is 10.2. The molecule has 9 nitrogen and oxygen atoms in total. The fourth-order valence-corrected chi connectivity index (χ4v) is 2.85. The molecule has 3 rings (SSSR count). The molecule has 9 heteroatoms. The summed E-state index contributed by atoms with van der Waals surface area (Å²) in [6.45, 7) is 1.51. The summed E-state index contributed by atoms with van der Waals surface area (Å²) in [6, 6.07) is 6.71. The molecule has 0 saturated heterocycles. The number of benzene rings is 1. The molecule has 0 aliphatic rings. The zero-order chi connectivity index (χ0) is 19.6. The van der Waals surface area contributed by atoms with Gasteiger partial charge < -0.3 is 19.8 Å². The largest absolute Gasteiger partial charge is 0.352 e. The zero-order valence-corrected chi connectivity index (χ0v) is 15.5. The molecule has 0 atom stereocenters. The fourth-order valence-electron chi connectivity index (χ4n) is 2.85. The van der Waals surface area contributed by atoms with Crippen molar-refractivity contribution >= 4 is 22.6 Å². The van der Waals surface area contributed by atoms with Crippen LogP contribution in [0.4, 0.5) is 5.69 Å². The summed E-state index contributed by atoms with van der Waals surface area (Å²) >= 11 is 0. The van der Waals surface area contributed by atoms with Gasteiger partial charge in [0.1, 0.15) is 0 Å². The van der Waals surface area contributed by atoms with Gasteiger partial charge >= 0.3 is 0 Å². The Labute approximate surface area is 156 Å². The number of nitrogens with zero attached hydrogens (tertiary/aromatic N) is 4. The molecule has 27 heavy (non-hydrogen) atoms. The normalized spacial score (nSPS) is 11.3. The van der Waals surface area contributed by atoms with E-state index in [0.717, 1.165) is 18.5 Å². The summed E-state index contributed by atoms with van der Waals surface area (Å²) in [5.41, 5.74) is 2.54. The predicted octanol–water partition coefficient (Wildman–Crippen LogP) is 2.16. The van der Waals surface area contributed by atoms with Crippen LogP contribution in [0.15, 0.2) is 30.5 Å². The first-order chi connectivity index (χ1) is 12.8. The van der Waals surface area contributed by atoms with Crippen LogP contribution in [0.2, 0.25) is 0 Å². The summed E-state index contributed by atoms with van der Waals surface area (Å²) in [4.78, 5) is 32.5. The first kappa shape index (κ1) is 18.6. The summed E-state index contributed by atoms with van der Waals surface area (Å²) in [6.07, 6.45) is 2.31. The number of imidazole rings is 1. The van der Waals surface area contributed by atoms with Gasteiger partial charge in [0.25, 0.3) is 11.6 Å². The van der Waals surface area contributed by atoms with Gasteiger partial charge in [-0.3, -0.25) is 14.9 Å². The van der Waals surface area contributed by atoms with Crippen molar-refractivity contribution in [3.05, 3.63) is 46.1 Å². The molecule has 0 aliphatic heterocycles. The molecule has 0 unspecified atom stereocenters. The van der Waals surface area contributed by atoms with Crippen LogP contribution in [0, 0.1) is 10.1 Å². The number of carbonyl (C=O) groups excluding carboxylic acids is 1. The topological polar surface area (TPSA) is 109 Å². The van der Waals surface area contributed by atoms with Gasteiger partial charge in [0.15, 0.2) is 5.82 Å². The number of hydrogen-bond donors (Lipinski definition) is 2. The van der Waals surface area contributed by atoms with Gasteiger partial charge in [0, 0.05) is 25.2 Å². The lowest BCUT2D eigenvalue weighted by Gasteiger charge is -2.09.